The van der Waals surface area contributed by atoms with E-state index in [0.717, 1.165) is 11.3 Å². The molecule has 5 heteroatoms. The first-order valence-electron chi connectivity index (χ1n) is 6.64. The highest BCUT2D eigenvalue weighted by atomic mass is 32.2. The smallest absolute Gasteiger partial charge is 0.212 e. The molecule has 2 unspecified atom stereocenters. The minimum atomic E-state index is -3.54. The summed E-state index contributed by atoms with van der Waals surface area (Å²) in [6.07, 6.45) is 3.56. The summed E-state index contributed by atoms with van der Waals surface area (Å²) in [6.45, 7) is 5.55. The third kappa shape index (κ3) is 4.98. The van der Waals surface area contributed by atoms with Crippen LogP contribution in [0.3, 0.4) is 0 Å². The van der Waals surface area contributed by atoms with E-state index in [0.29, 0.717) is 19.3 Å². The zero-order valence-electron chi connectivity index (χ0n) is 12.1. The van der Waals surface area contributed by atoms with Crippen LogP contribution in [0.4, 0.5) is 0 Å². The molecule has 0 saturated carbocycles. The molecule has 0 fully saturated rings. The van der Waals surface area contributed by atoms with E-state index in [4.69, 9.17) is 9.88 Å². The molecule has 2 N–H and O–H groups in total. The van der Waals surface area contributed by atoms with Gasteiger partial charge in [0.25, 0.3) is 0 Å². The van der Waals surface area contributed by atoms with Crippen LogP contribution >= 0.6 is 0 Å². The maximum absolute atomic E-state index is 11.7. The third-order valence-electron chi connectivity index (χ3n) is 3.47. The fourth-order valence-electron chi connectivity index (χ4n) is 2.29. The number of nitrogens with two attached hydrogens (primary N) is 1. The number of sulfonamides is 1. The number of hydrogen-bond acceptors (Lipinski definition) is 3. The Labute approximate surface area is 121 Å². The largest absolute Gasteiger partial charge is 0.497 e. The normalized spacial score (nSPS) is 14.6. The zero-order valence-corrected chi connectivity index (χ0v) is 12.9. The van der Waals surface area contributed by atoms with Crippen LogP contribution in [-0.4, -0.2) is 20.8 Å². The molecule has 0 aliphatic carbocycles. The second kappa shape index (κ2) is 7.45. The van der Waals surface area contributed by atoms with Crippen molar-refractivity contribution >= 4 is 10.0 Å². The molecule has 1 aromatic carbocycles. The second-order valence-corrected chi connectivity index (χ2v) is 6.80. The highest BCUT2D eigenvalue weighted by Crippen LogP contribution is 2.21. The fourth-order valence-corrected chi connectivity index (χ4v) is 3.49. The van der Waals surface area contributed by atoms with Gasteiger partial charge in [-0.25, -0.2) is 13.6 Å². The molecule has 1 aromatic rings. The molecular weight excluding hydrogens is 274 g/mol. The van der Waals surface area contributed by atoms with Crippen LogP contribution in [0.15, 0.2) is 36.9 Å². The summed E-state index contributed by atoms with van der Waals surface area (Å²) < 4.78 is 28.5. The molecule has 0 spiro atoms. The van der Waals surface area contributed by atoms with Crippen molar-refractivity contribution < 1.29 is 13.2 Å². The number of primary sulfonamides is 1. The molecule has 0 saturated heterocycles. The topological polar surface area (TPSA) is 69.4 Å². The average Bonchev–Trinajstić information content (AvgIpc) is 2.38. The summed E-state index contributed by atoms with van der Waals surface area (Å²) >= 11 is 0. The predicted octanol–water partition coefficient (Wildman–Crippen LogP) is 2.50. The molecule has 112 valence electrons. The summed E-state index contributed by atoms with van der Waals surface area (Å²) in [4.78, 5) is 0. The molecule has 0 aromatic heterocycles. The standard InChI is InChI=1S/C15H23NO3S/c1-4-5-12(2)15(20(16,17)18)11-8-13-6-9-14(19-3)10-7-13/h4,6-7,9-10,12,15H,1,5,8,11H2,2-3H3,(H2,16,17,18). The molecule has 0 bridgehead atoms. The predicted molar refractivity (Wildman–Crippen MR) is 82.2 cm³/mol. The summed E-state index contributed by atoms with van der Waals surface area (Å²) in [5.74, 6) is 0.762. The Hall–Kier alpha value is -1.33. The molecule has 0 aliphatic rings. The number of allylic oxidation sites excluding steroid dienone is 1. The summed E-state index contributed by atoms with van der Waals surface area (Å²) in [7, 11) is -1.93. The van der Waals surface area contributed by atoms with E-state index in [1.165, 1.54) is 0 Å². The van der Waals surface area contributed by atoms with Crippen molar-refractivity contribution in [1.29, 1.82) is 0 Å². The Morgan fingerprint density at radius 3 is 2.40 bits per heavy atom. The van der Waals surface area contributed by atoms with E-state index in [1.807, 2.05) is 31.2 Å². The van der Waals surface area contributed by atoms with Crippen LogP contribution in [0.2, 0.25) is 0 Å². The molecule has 20 heavy (non-hydrogen) atoms. The highest BCUT2D eigenvalue weighted by Gasteiger charge is 2.26. The lowest BCUT2D eigenvalue weighted by Crippen LogP contribution is -2.34. The quantitative estimate of drug-likeness (QED) is 0.749. The first kappa shape index (κ1) is 16.7. The van der Waals surface area contributed by atoms with Gasteiger partial charge < -0.3 is 4.74 Å². The molecular formula is C15H23NO3S. The van der Waals surface area contributed by atoms with Crippen molar-refractivity contribution in [2.45, 2.75) is 31.4 Å². The van der Waals surface area contributed by atoms with Gasteiger partial charge in [-0.1, -0.05) is 25.1 Å². The number of hydrogen-bond donors (Lipinski definition) is 1. The molecule has 4 nitrogen and oxygen atoms in total. The number of methoxy groups -OCH3 is 1. The first-order valence-corrected chi connectivity index (χ1v) is 8.25. The molecule has 0 amide bonds. The third-order valence-corrected chi connectivity index (χ3v) is 5.02. The van der Waals surface area contributed by atoms with Crippen LogP contribution in [0.5, 0.6) is 5.75 Å². The highest BCUT2D eigenvalue weighted by molar-refractivity contribution is 7.89. The van der Waals surface area contributed by atoms with Crippen molar-refractivity contribution in [3.63, 3.8) is 0 Å². The average molecular weight is 297 g/mol. The maximum atomic E-state index is 11.7. The summed E-state index contributed by atoms with van der Waals surface area (Å²) in [5.41, 5.74) is 1.07. The van der Waals surface area contributed by atoms with Crippen LogP contribution < -0.4 is 9.88 Å². The van der Waals surface area contributed by atoms with E-state index in [2.05, 4.69) is 6.58 Å². The number of aryl methyl sites for hydroxylation is 1. The van der Waals surface area contributed by atoms with Crippen molar-refractivity contribution in [3.8, 4) is 5.75 Å². The van der Waals surface area contributed by atoms with Gasteiger partial charge >= 0.3 is 0 Å². The molecule has 2 atom stereocenters. The lowest BCUT2D eigenvalue weighted by atomic mass is 9.98. The van der Waals surface area contributed by atoms with E-state index in [1.54, 1.807) is 13.2 Å². The van der Waals surface area contributed by atoms with E-state index in [9.17, 15) is 8.42 Å². The van der Waals surface area contributed by atoms with Crippen molar-refractivity contribution in [3.05, 3.63) is 42.5 Å². The van der Waals surface area contributed by atoms with Gasteiger partial charge in [-0.05, 0) is 42.9 Å². The Kier molecular flexibility index (Phi) is 6.23. The molecule has 0 aliphatic heterocycles. The van der Waals surface area contributed by atoms with E-state index in [-0.39, 0.29) is 5.92 Å². The van der Waals surface area contributed by atoms with Crippen LogP contribution in [0.25, 0.3) is 0 Å². The molecule has 1 rings (SSSR count). The van der Waals surface area contributed by atoms with Gasteiger partial charge in [-0.3, -0.25) is 0 Å². The molecule has 0 heterocycles. The second-order valence-electron chi connectivity index (χ2n) is 5.02. The van der Waals surface area contributed by atoms with Crippen LogP contribution in [0, 0.1) is 5.92 Å². The van der Waals surface area contributed by atoms with E-state index >= 15 is 0 Å². The summed E-state index contributed by atoms with van der Waals surface area (Å²) in [5, 5.41) is 4.80. The number of rotatable bonds is 8. The molecule has 0 radical (unpaired) electrons. The monoisotopic (exact) mass is 297 g/mol. The Morgan fingerprint density at radius 1 is 1.35 bits per heavy atom. The zero-order chi connectivity index (χ0) is 15.2. The maximum Gasteiger partial charge on any atom is 0.212 e. The minimum Gasteiger partial charge on any atom is -0.497 e. The van der Waals surface area contributed by atoms with Crippen molar-refractivity contribution in [1.82, 2.24) is 0 Å². The SMILES string of the molecule is C=CCC(C)C(CCc1ccc(OC)cc1)S(N)(=O)=O. The van der Waals surface area contributed by atoms with Gasteiger partial charge in [0.1, 0.15) is 5.75 Å². The Bertz CT molecular complexity index is 523. The van der Waals surface area contributed by atoms with E-state index < -0.39 is 15.3 Å². The van der Waals surface area contributed by atoms with Gasteiger partial charge in [-0.2, -0.15) is 0 Å². The summed E-state index contributed by atoms with van der Waals surface area (Å²) in [6, 6.07) is 7.62. The lowest BCUT2D eigenvalue weighted by Gasteiger charge is -2.21. The Balaban J connectivity index is 2.73. The first-order chi connectivity index (χ1) is 9.38. The fraction of sp³-hybridized carbons (Fsp3) is 0.467. The van der Waals surface area contributed by atoms with Crippen molar-refractivity contribution in [2.75, 3.05) is 7.11 Å². The number of benzene rings is 1. The van der Waals surface area contributed by atoms with Crippen LogP contribution in [0.1, 0.15) is 25.3 Å². The van der Waals surface area contributed by atoms with Crippen molar-refractivity contribution in [2.24, 2.45) is 11.1 Å². The van der Waals surface area contributed by atoms with Gasteiger partial charge in [0, 0.05) is 0 Å². The minimum absolute atomic E-state index is 0.0271. The number of ether oxygens (including phenoxy) is 1. The van der Waals surface area contributed by atoms with Gasteiger partial charge in [0.05, 0.1) is 12.4 Å². The van der Waals surface area contributed by atoms with Gasteiger partial charge in [-0.15, -0.1) is 6.58 Å². The Morgan fingerprint density at radius 2 is 1.95 bits per heavy atom. The van der Waals surface area contributed by atoms with Gasteiger partial charge in [0.15, 0.2) is 0 Å². The van der Waals surface area contributed by atoms with Gasteiger partial charge in [0.2, 0.25) is 10.0 Å². The lowest BCUT2D eigenvalue weighted by molar-refractivity contribution is 0.414. The van der Waals surface area contributed by atoms with Crippen LogP contribution in [-0.2, 0) is 16.4 Å².